The quantitative estimate of drug-likeness (QED) is 0.459. The molecule has 6 heteroatoms. The number of benzene rings is 2. The van der Waals surface area contributed by atoms with E-state index in [1.54, 1.807) is 6.20 Å². The molecule has 1 fully saturated rings. The minimum atomic E-state index is 0.410. The fourth-order valence-electron chi connectivity index (χ4n) is 3.96. The molecule has 2 aromatic heterocycles. The second kappa shape index (κ2) is 7.54. The van der Waals surface area contributed by atoms with Crippen molar-refractivity contribution in [1.29, 1.82) is 0 Å². The van der Waals surface area contributed by atoms with Crippen molar-refractivity contribution in [1.82, 2.24) is 19.5 Å². The summed E-state index contributed by atoms with van der Waals surface area (Å²) in [5.74, 6) is 1.42. The van der Waals surface area contributed by atoms with Gasteiger partial charge in [0.2, 0.25) is 11.9 Å². The van der Waals surface area contributed by atoms with Crippen LogP contribution in [-0.2, 0) is 0 Å². The van der Waals surface area contributed by atoms with E-state index in [-0.39, 0.29) is 0 Å². The Hall–Kier alpha value is -3.41. The number of rotatable bonds is 5. The normalized spacial score (nSPS) is 14.4. The summed E-state index contributed by atoms with van der Waals surface area (Å²) in [6.07, 6.45) is 6.60. The predicted octanol–water partition coefficient (Wildman–Crippen LogP) is 5.74. The Kier molecular flexibility index (Phi) is 4.60. The van der Waals surface area contributed by atoms with Gasteiger partial charge in [-0.1, -0.05) is 48.7 Å². The topological polar surface area (TPSA) is 67.7 Å². The standard InChI is InChI=1S/C23H24N6/c1-16-11-13-18(14-12-16)25-22-24-15-20-21(28-22)29(19-9-5-6-10-19)23(27-20)26-17-7-3-2-4-8-17/h2-4,7-8,11-15,19H,5-6,9-10H2,1H3,(H,26,27)(H,24,25,28). The van der Waals surface area contributed by atoms with Crippen LogP contribution in [-0.4, -0.2) is 19.5 Å². The Morgan fingerprint density at radius 2 is 1.59 bits per heavy atom. The molecule has 0 atom stereocenters. The number of nitrogens with one attached hydrogen (secondary N) is 2. The molecule has 2 N–H and O–H groups in total. The smallest absolute Gasteiger partial charge is 0.229 e. The number of hydrogen-bond donors (Lipinski definition) is 2. The highest BCUT2D eigenvalue weighted by Gasteiger charge is 2.24. The van der Waals surface area contributed by atoms with Crippen LogP contribution in [0.15, 0.2) is 60.8 Å². The lowest BCUT2D eigenvalue weighted by Gasteiger charge is -2.16. The first-order chi connectivity index (χ1) is 14.3. The lowest BCUT2D eigenvalue weighted by molar-refractivity contribution is 0.535. The summed E-state index contributed by atoms with van der Waals surface area (Å²) in [4.78, 5) is 14.1. The van der Waals surface area contributed by atoms with E-state index in [2.05, 4.69) is 39.2 Å². The molecule has 1 aliphatic rings. The van der Waals surface area contributed by atoms with Gasteiger partial charge in [0, 0.05) is 17.4 Å². The van der Waals surface area contributed by atoms with Gasteiger partial charge in [-0.3, -0.25) is 4.57 Å². The molecule has 2 heterocycles. The van der Waals surface area contributed by atoms with Crippen LogP contribution in [0.2, 0.25) is 0 Å². The minimum Gasteiger partial charge on any atom is -0.326 e. The number of para-hydroxylation sites is 1. The van der Waals surface area contributed by atoms with Gasteiger partial charge in [-0.2, -0.15) is 4.98 Å². The van der Waals surface area contributed by atoms with E-state index in [0.29, 0.717) is 12.0 Å². The van der Waals surface area contributed by atoms with Crippen molar-refractivity contribution in [3.05, 3.63) is 66.4 Å². The second-order valence-electron chi connectivity index (χ2n) is 7.63. The molecule has 0 saturated heterocycles. The number of anilines is 4. The first kappa shape index (κ1) is 17.7. The molecular formula is C23H24N6. The molecule has 29 heavy (non-hydrogen) atoms. The molecule has 0 unspecified atom stereocenters. The van der Waals surface area contributed by atoms with Gasteiger partial charge < -0.3 is 10.6 Å². The van der Waals surface area contributed by atoms with Crippen LogP contribution in [0.1, 0.15) is 37.3 Å². The fraction of sp³-hybridized carbons (Fsp3) is 0.261. The van der Waals surface area contributed by atoms with Crippen molar-refractivity contribution in [2.24, 2.45) is 0 Å². The number of imidazole rings is 1. The average molecular weight is 384 g/mol. The minimum absolute atomic E-state index is 0.410. The van der Waals surface area contributed by atoms with Gasteiger partial charge in [-0.05, 0) is 44.0 Å². The van der Waals surface area contributed by atoms with Gasteiger partial charge in [0.05, 0.1) is 6.20 Å². The van der Waals surface area contributed by atoms with E-state index in [1.807, 2.05) is 42.5 Å². The molecule has 2 aromatic carbocycles. The van der Waals surface area contributed by atoms with Gasteiger partial charge in [0.15, 0.2) is 5.65 Å². The van der Waals surface area contributed by atoms with E-state index in [4.69, 9.17) is 9.97 Å². The second-order valence-corrected chi connectivity index (χ2v) is 7.63. The van der Waals surface area contributed by atoms with Gasteiger partial charge >= 0.3 is 0 Å². The Morgan fingerprint density at radius 3 is 2.34 bits per heavy atom. The number of nitrogens with zero attached hydrogens (tertiary/aromatic N) is 4. The molecule has 0 radical (unpaired) electrons. The third-order valence-corrected chi connectivity index (χ3v) is 5.46. The molecule has 6 nitrogen and oxygen atoms in total. The first-order valence-electron chi connectivity index (χ1n) is 10.2. The molecule has 5 rings (SSSR count). The third-order valence-electron chi connectivity index (χ3n) is 5.46. The molecular weight excluding hydrogens is 360 g/mol. The Labute approximate surface area is 170 Å². The zero-order chi connectivity index (χ0) is 19.6. The molecule has 0 spiro atoms. The summed E-state index contributed by atoms with van der Waals surface area (Å²) in [6.45, 7) is 2.08. The summed E-state index contributed by atoms with van der Waals surface area (Å²) in [5, 5.41) is 6.79. The van der Waals surface area contributed by atoms with Gasteiger partial charge in [-0.25, -0.2) is 9.97 Å². The monoisotopic (exact) mass is 384 g/mol. The van der Waals surface area contributed by atoms with Crippen molar-refractivity contribution < 1.29 is 0 Å². The van der Waals surface area contributed by atoms with Crippen LogP contribution >= 0.6 is 0 Å². The number of aryl methyl sites for hydroxylation is 1. The van der Waals surface area contributed by atoms with Crippen LogP contribution in [0.5, 0.6) is 0 Å². The maximum Gasteiger partial charge on any atom is 0.229 e. The zero-order valence-electron chi connectivity index (χ0n) is 16.5. The first-order valence-corrected chi connectivity index (χ1v) is 10.2. The summed E-state index contributed by atoms with van der Waals surface area (Å²) in [6, 6.07) is 18.8. The lowest BCUT2D eigenvalue weighted by Crippen LogP contribution is -2.10. The Balaban J connectivity index is 1.54. The number of fused-ring (bicyclic) bond motifs is 1. The molecule has 4 aromatic rings. The van der Waals surface area contributed by atoms with Crippen LogP contribution in [0.3, 0.4) is 0 Å². The Bertz CT molecular complexity index is 1110. The summed E-state index contributed by atoms with van der Waals surface area (Å²) >= 11 is 0. The van der Waals surface area contributed by atoms with E-state index < -0.39 is 0 Å². The zero-order valence-corrected chi connectivity index (χ0v) is 16.5. The van der Waals surface area contributed by atoms with Crippen LogP contribution in [0, 0.1) is 6.92 Å². The molecule has 0 amide bonds. The maximum absolute atomic E-state index is 4.84. The van der Waals surface area contributed by atoms with Crippen molar-refractivity contribution in [3.63, 3.8) is 0 Å². The van der Waals surface area contributed by atoms with Gasteiger partial charge in [0.25, 0.3) is 0 Å². The predicted molar refractivity (Wildman–Crippen MR) is 117 cm³/mol. The van der Waals surface area contributed by atoms with Crippen molar-refractivity contribution in [2.45, 2.75) is 38.6 Å². The summed E-state index contributed by atoms with van der Waals surface area (Å²) in [5.41, 5.74) is 4.91. The van der Waals surface area contributed by atoms with Crippen LogP contribution in [0.25, 0.3) is 11.2 Å². The summed E-state index contributed by atoms with van der Waals surface area (Å²) < 4.78 is 2.26. The highest BCUT2D eigenvalue weighted by molar-refractivity contribution is 5.77. The van der Waals surface area contributed by atoms with E-state index in [0.717, 1.165) is 41.3 Å². The van der Waals surface area contributed by atoms with Crippen molar-refractivity contribution >= 4 is 34.4 Å². The lowest BCUT2D eigenvalue weighted by atomic mass is 10.2. The molecule has 146 valence electrons. The molecule has 0 aliphatic heterocycles. The van der Waals surface area contributed by atoms with Gasteiger partial charge in [0.1, 0.15) is 5.52 Å². The number of aromatic nitrogens is 4. The van der Waals surface area contributed by atoms with Crippen molar-refractivity contribution in [3.8, 4) is 0 Å². The van der Waals surface area contributed by atoms with Crippen LogP contribution in [0.4, 0.5) is 23.3 Å². The number of hydrogen-bond acceptors (Lipinski definition) is 5. The summed E-state index contributed by atoms with van der Waals surface area (Å²) in [7, 11) is 0. The molecule has 1 aliphatic carbocycles. The van der Waals surface area contributed by atoms with E-state index in [1.165, 1.54) is 18.4 Å². The van der Waals surface area contributed by atoms with Crippen molar-refractivity contribution in [2.75, 3.05) is 10.6 Å². The van der Waals surface area contributed by atoms with Crippen LogP contribution < -0.4 is 10.6 Å². The largest absolute Gasteiger partial charge is 0.326 e. The highest BCUT2D eigenvalue weighted by Crippen LogP contribution is 2.35. The fourth-order valence-corrected chi connectivity index (χ4v) is 3.96. The third kappa shape index (κ3) is 3.66. The van der Waals surface area contributed by atoms with Gasteiger partial charge in [-0.15, -0.1) is 0 Å². The highest BCUT2D eigenvalue weighted by atomic mass is 15.3. The van der Waals surface area contributed by atoms with E-state index in [9.17, 15) is 0 Å². The molecule has 1 saturated carbocycles. The average Bonchev–Trinajstić information content (AvgIpc) is 3.38. The SMILES string of the molecule is Cc1ccc(Nc2ncc3nc(Nc4ccccc4)n(C4CCCC4)c3n2)cc1. The molecule has 0 bridgehead atoms. The maximum atomic E-state index is 4.84. The Morgan fingerprint density at radius 1 is 0.862 bits per heavy atom. The van der Waals surface area contributed by atoms with E-state index >= 15 is 0 Å².